The molecule has 0 saturated heterocycles. The molecule has 134 valence electrons. The maximum absolute atomic E-state index is 13.1. The third-order valence-corrected chi connectivity index (χ3v) is 5.14. The van der Waals surface area contributed by atoms with E-state index < -0.39 is 6.10 Å². The van der Waals surface area contributed by atoms with Crippen LogP contribution in [0.15, 0.2) is 72.8 Å². The molecule has 2 atom stereocenters. The third-order valence-electron chi connectivity index (χ3n) is 4.17. The average molecular weight is 482 g/mol. The highest BCUT2D eigenvalue weighted by molar-refractivity contribution is 14.1. The maximum Gasteiger partial charge on any atom is 0.123 e. The molecular formula is C21H18ClFINO. The summed E-state index contributed by atoms with van der Waals surface area (Å²) in [6, 6.07) is 21.5. The van der Waals surface area contributed by atoms with Gasteiger partial charge in [-0.3, -0.25) is 0 Å². The van der Waals surface area contributed by atoms with Crippen LogP contribution in [0.25, 0.3) is 0 Å². The topological polar surface area (TPSA) is 32.3 Å². The SMILES string of the molecule is OC(CC(Nc1ccc(I)cc1)c1ccc(Cl)cc1)c1ccc(F)cc1. The van der Waals surface area contributed by atoms with Gasteiger partial charge in [0.25, 0.3) is 0 Å². The van der Waals surface area contributed by atoms with E-state index in [2.05, 4.69) is 27.9 Å². The summed E-state index contributed by atoms with van der Waals surface area (Å²) in [7, 11) is 0. The molecule has 0 bridgehead atoms. The van der Waals surface area contributed by atoms with Gasteiger partial charge >= 0.3 is 0 Å². The number of rotatable bonds is 6. The van der Waals surface area contributed by atoms with Crippen molar-refractivity contribution in [3.63, 3.8) is 0 Å². The third kappa shape index (κ3) is 5.19. The fraction of sp³-hybridized carbons (Fsp3) is 0.143. The Labute approximate surface area is 171 Å². The Balaban J connectivity index is 1.83. The van der Waals surface area contributed by atoms with E-state index in [4.69, 9.17) is 11.6 Å². The van der Waals surface area contributed by atoms with Gasteiger partial charge in [0.15, 0.2) is 0 Å². The molecule has 0 aliphatic rings. The molecule has 2 nitrogen and oxygen atoms in total. The van der Waals surface area contributed by atoms with Gasteiger partial charge in [-0.2, -0.15) is 0 Å². The van der Waals surface area contributed by atoms with Gasteiger partial charge in [-0.25, -0.2) is 4.39 Å². The summed E-state index contributed by atoms with van der Waals surface area (Å²) < 4.78 is 14.3. The van der Waals surface area contributed by atoms with Gasteiger partial charge in [0.2, 0.25) is 0 Å². The summed E-state index contributed by atoms with van der Waals surface area (Å²) in [6.07, 6.45) is -0.271. The van der Waals surface area contributed by atoms with Gasteiger partial charge in [-0.1, -0.05) is 35.9 Å². The van der Waals surface area contributed by atoms with Crippen LogP contribution in [-0.2, 0) is 0 Å². The van der Waals surface area contributed by atoms with Gasteiger partial charge in [0.05, 0.1) is 12.1 Å². The average Bonchev–Trinajstić information content (AvgIpc) is 2.64. The Morgan fingerprint density at radius 2 is 1.46 bits per heavy atom. The predicted octanol–water partition coefficient (Wildman–Crippen LogP) is 6.36. The zero-order valence-corrected chi connectivity index (χ0v) is 16.8. The first-order valence-electron chi connectivity index (χ1n) is 8.22. The smallest absolute Gasteiger partial charge is 0.123 e. The molecule has 2 unspecified atom stereocenters. The van der Waals surface area contributed by atoms with Crippen LogP contribution in [0.3, 0.4) is 0 Å². The van der Waals surface area contributed by atoms with Crippen molar-refractivity contribution in [1.29, 1.82) is 0 Å². The highest BCUT2D eigenvalue weighted by Crippen LogP contribution is 2.30. The Hall–Kier alpha value is -1.63. The van der Waals surface area contributed by atoms with Crippen molar-refractivity contribution < 1.29 is 9.50 Å². The zero-order valence-electron chi connectivity index (χ0n) is 13.9. The van der Waals surface area contributed by atoms with Crippen LogP contribution in [0.4, 0.5) is 10.1 Å². The number of nitrogens with one attached hydrogen (secondary N) is 1. The first-order chi connectivity index (χ1) is 12.5. The second-order valence-electron chi connectivity index (χ2n) is 6.06. The van der Waals surface area contributed by atoms with Crippen molar-refractivity contribution in [2.45, 2.75) is 18.6 Å². The molecule has 0 amide bonds. The summed E-state index contributed by atoms with van der Waals surface area (Å²) in [5.74, 6) is -0.313. The maximum atomic E-state index is 13.1. The van der Waals surface area contributed by atoms with Gasteiger partial charge in [0.1, 0.15) is 5.82 Å². The number of anilines is 1. The Morgan fingerprint density at radius 3 is 2.08 bits per heavy atom. The fourth-order valence-electron chi connectivity index (χ4n) is 2.77. The van der Waals surface area contributed by atoms with Crippen LogP contribution in [0, 0.1) is 9.39 Å². The van der Waals surface area contributed by atoms with E-state index in [9.17, 15) is 9.50 Å². The van der Waals surface area contributed by atoms with Crippen molar-refractivity contribution in [2.24, 2.45) is 0 Å². The minimum Gasteiger partial charge on any atom is -0.388 e. The second kappa shape index (κ2) is 8.84. The molecule has 0 aliphatic heterocycles. The molecule has 5 heteroatoms. The normalized spacial score (nSPS) is 13.2. The van der Waals surface area contributed by atoms with Crippen LogP contribution < -0.4 is 5.32 Å². The highest BCUT2D eigenvalue weighted by atomic mass is 127. The van der Waals surface area contributed by atoms with Crippen LogP contribution in [0.2, 0.25) is 5.02 Å². The molecule has 0 saturated carbocycles. The monoisotopic (exact) mass is 481 g/mol. The summed E-state index contributed by atoms with van der Waals surface area (Å²) >= 11 is 8.27. The lowest BCUT2D eigenvalue weighted by Crippen LogP contribution is -2.15. The largest absolute Gasteiger partial charge is 0.388 e. The molecule has 0 aliphatic carbocycles. The lowest BCUT2D eigenvalue weighted by molar-refractivity contribution is 0.160. The van der Waals surface area contributed by atoms with Crippen molar-refractivity contribution >= 4 is 39.9 Å². The first kappa shape index (κ1) is 19.1. The van der Waals surface area contributed by atoms with Gasteiger partial charge in [-0.05, 0) is 82.2 Å². The lowest BCUT2D eigenvalue weighted by Gasteiger charge is -2.24. The van der Waals surface area contributed by atoms with Crippen LogP contribution in [-0.4, -0.2) is 5.11 Å². The first-order valence-corrected chi connectivity index (χ1v) is 9.68. The number of aliphatic hydroxyl groups is 1. The summed E-state index contributed by atoms with van der Waals surface area (Å²) in [6.45, 7) is 0. The molecule has 3 aromatic carbocycles. The quantitative estimate of drug-likeness (QED) is 0.402. The van der Waals surface area contributed by atoms with Crippen molar-refractivity contribution in [2.75, 3.05) is 5.32 Å². The molecule has 0 spiro atoms. The second-order valence-corrected chi connectivity index (χ2v) is 7.74. The molecule has 2 N–H and O–H groups in total. The van der Waals surface area contributed by atoms with E-state index in [1.54, 1.807) is 12.1 Å². The molecule has 0 heterocycles. The van der Waals surface area contributed by atoms with E-state index in [1.807, 2.05) is 48.5 Å². The van der Waals surface area contributed by atoms with E-state index in [0.717, 1.165) is 14.8 Å². The minimum atomic E-state index is -0.715. The molecule has 0 aromatic heterocycles. The Kier molecular flexibility index (Phi) is 6.51. The molecular weight excluding hydrogens is 464 g/mol. The van der Waals surface area contributed by atoms with Crippen LogP contribution >= 0.6 is 34.2 Å². The Morgan fingerprint density at radius 1 is 0.885 bits per heavy atom. The molecule has 3 aromatic rings. The highest BCUT2D eigenvalue weighted by Gasteiger charge is 2.18. The minimum absolute atomic E-state index is 0.118. The van der Waals surface area contributed by atoms with Crippen molar-refractivity contribution in [3.05, 3.63) is 98.3 Å². The van der Waals surface area contributed by atoms with Crippen molar-refractivity contribution in [3.8, 4) is 0 Å². The van der Waals surface area contributed by atoms with Crippen molar-refractivity contribution in [1.82, 2.24) is 0 Å². The zero-order chi connectivity index (χ0) is 18.5. The summed E-state index contributed by atoms with van der Waals surface area (Å²) in [5.41, 5.74) is 2.68. The van der Waals surface area contributed by atoms with Crippen LogP contribution in [0.1, 0.15) is 29.7 Å². The predicted molar refractivity (Wildman–Crippen MR) is 113 cm³/mol. The number of hydrogen-bond donors (Lipinski definition) is 2. The van der Waals surface area contributed by atoms with E-state index >= 15 is 0 Å². The number of benzene rings is 3. The van der Waals surface area contributed by atoms with Crippen LogP contribution in [0.5, 0.6) is 0 Å². The number of aliphatic hydroxyl groups excluding tert-OH is 1. The van der Waals surface area contributed by atoms with E-state index in [-0.39, 0.29) is 11.9 Å². The Bertz CT molecular complexity index is 837. The molecule has 26 heavy (non-hydrogen) atoms. The van der Waals surface area contributed by atoms with Gasteiger partial charge < -0.3 is 10.4 Å². The van der Waals surface area contributed by atoms with E-state index in [0.29, 0.717) is 17.0 Å². The fourth-order valence-corrected chi connectivity index (χ4v) is 3.25. The van der Waals surface area contributed by atoms with E-state index in [1.165, 1.54) is 12.1 Å². The number of hydrogen-bond acceptors (Lipinski definition) is 2. The van der Waals surface area contributed by atoms with Gasteiger partial charge in [-0.15, -0.1) is 0 Å². The lowest BCUT2D eigenvalue weighted by atomic mass is 9.96. The standard InChI is InChI=1S/C21H18ClFINO/c22-16-5-1-14(2-6-16)20(25-19-11-9-18(24)10-12-19)13-21(26)15-3-7-17(23)8-4-15/h1-12,20-21,25-26H,13H2. The van der Waals surface area contributed by atoms with Gasteiger partial charge in [0, 0.05) is 20.7 Å². The summed E-state index contributed by atoms with van der Waals surface area (Å²) in [4.78, 5) is 0. The molecule has 3 rings (SSSR count). The number of halogens is 3. The summed E-state index contributed by atoms with van der Waals surface area (Å²) in [5, 5.41) is 14.8. The molecule has 0 fully saturated rings. The molecule has 0 radical (unpaired) electrons.